The van der Waals surface area contributed by atoms with E-state index in [-0.39, 0.29) is 0 Å². The Morgan fingerprint density at radius 3 is 2.47 bits per heavy atom. The Kier molecular flexibility index (Phi) is 4.48. The van der Waals surface area contributed by atoms with E-state index < -0.39 is 0 Å². The van der Waals surface area contributed by atoms with E-state index >= 15 is 0 Å². The first-order chi connectivity index (χ1) is 9.24. The summed E-state index contributed by atoms with van der Waals surface area (Å²) in [6.07, 6.45) is 1.81. The number of aldehydes is 1. The first-order valence-corrected chi connectivity index (χ1v) is 6.38. The van der Waals surface area contributed by atoms with Crippen LogP contribution in [0.25, 0.3) is 11.1 Å². The van der Waals surface area contributed by atoms with Crippen LogP contribution in [0.2, 0.25) is 0 Å². The zero-order valence-electron chi connectivity index (χ0n) is 11.3. The molecule has 0 aliphatic heterocycles. The van der Waals surface area contributed by atoms with Crippen LogP contribution in [0.5, 0.6) is 0 Å². The van der Waals surface area contributed by atoms with Gasteiger partial charge in [-0.05, 0) is 41.7 Å². The highest BCUT2D eigenvalue weighted by Gasteiger charge is 2.03. The van der Waals surface area contributed by atoms with Crippen LogP contribution < -0.4 is 0 Å². The highest BCUT2D eigenvalue weighted by atomic mass is 16.5. The predicted molar refractivity (Wildman–Crippen MR) is 77.6 cm³/mol. The molecular formula is C17H18O2. The topological polar surface area (TPSA) is 26.3 Å². The molecule has 0 aliphatic carbocycles. The molecule has 2 rings (SSSR count). The fourth-order valence-corrected chi connectivity index (χ4v) is 2.09. The molecule has 0 amide bonds. The third-order valence-electron chi connectivity index (χ3n) is 3.26. The van der Waals surface area contributed by atoms with E-state index in [0.29, 0.717) is 5.56 Å². The van der Waals surface area contributed by atoms with E-state index in [2.05, 4.69) is 31.2 Å². The molecule has 0 aromatic heterocycles. The minimum atomic E-state index is 0.712. The fraction of sp³-hybridized carbons (Fsp3) is 0.235. The fourth-order valence-electron chi connectivity index (χ4n) is 2.09. The molecule has 0 spiro atoms. The Morgan fingerprint density at radius 2 is 1.84 bits per heavy atom. The van der Waals surface area contributed by atoms with Crippen molar-refractivity contribution < 1.29 is 9.53 Å². The van der Waals surface area contributed by atoms with Crippen LogP contribution in [0.3, 0.4) is 0 Å². The quantitative estimate of drug-likeness (QED) is 0.761. The second-order valence-corrected chi connectivity index (χ2v) is 4.63. The molecule has 0 bridgehead atoms. The monoisotopic (exact) mass is 254 g/mol. The van der Waals surface area contributed by atoms with Gasteiger partial charge in [-0.2, -0.15) is 0 Å². The van der Waals surface area contributed by atoms with Crippen molar-refractivity contribution >= 4 is 6.29 Å². The second kappa shape index (κ2) is 6.30. The number of benzene rings is 2. The van der Waals surface area contributed by atoms with Gasteiger partial charge in [0, 0.05) is 12.7 Å². The molecule has 0 atom stereocenters. The van der Waals surface area contributed by atoms with Crippen molar-refractivity contribution in [2.24, 2.45) is 0 Å². The van der Waals surface area contributed by atoms with Crippen molar-refractivity contribution in [1.82, 2.24) is 0 Å². The summed E-state index contributed by atoms with van der Waals surface area (Å²) >= 11 is 0. The van der Waals surface area contributed by atoms with Crippen molar-refractivity contribution in [3.63, 3.8) is 0 Å². The van der Waals surface area contributed by atoms with Crippen LogP contribution in [0, 0.1) is 6.92 Å². The average Bonchev–Trinajstić information content (AvgIpc) is 2.46. The predicted octanol–water partition coefficient (Wildman–Crippen LogP) is 3.66. The summed E-state index contributed by atoms with van der Waals surface area (Å²) in [7, 11) is 1.71. The standard InChI is InChI=1S/C17H18O2/c1-13-3-4-15(12-18)11-17(13)16-7-5-14(6-8-16)9-10-19-2/h3-8,11-12H,9-10H2,1-2H3. The van der Waals surface area contributed by atoms with Gasteiger partial charge >= 0.3 is 0 Å². The van der Waals surface area contributed by atoms with Gasteiger partial charge in [-0.15, -0.1) is 0 Å². The number of ether oxygens (including phenoxy) is 1. The number of carbonyl (C=O) groups excluding carboxylic acids is 1. The zero-order valence-corrected chi connectivity index (χ0v) is 11.3. The van der Waals surface area contributed by atoms with Gasteiger partial charge in [0.05, 0.1) is 6.61 Å². The lowest BCUT2D eigenvalue weighted by Crippen LogP contribution is -1.94. The molecule has 0 fully saturated rings. The van der Waals surface area contributed by atoms with E-state index in [4.69, 9.17) is 4.74 Å². The molecule has 2 aromatic carbocycles. The molecular weight excluding hydrogens is 236 g/mol. The van der Waals surface area contributed by atoms with Crippen molar-refractivity contribution in [2.75, 3.05) is 13.7 Å². The van der Waals surface area contributed by atoms with Gasteiger partial charge in [-0.1, -0.05) is 36.4 Å². The lowest BCUT2D eigenvalue weighted by atomic mass is 9.97. The molecule has 0 heterocycles. The van der Waals surface area contributed by atoms with Crippen LogP contribution >= 0.6 is 0 Å². The number of rotatable bonds is 5. The van der Waals surface area contributed by atoms with Gasteiger partial charge in [-0.3, -0.25) is 4.79 Å². The van der Waals surface area contributed by atoms with E-state index in [1.54, 1.807) is 7.11 Å². The Morgan fingerprint density at radius 1 is 1.11 bits per heavy atom. The van der Waals surface area contributed by atoms with Crippen LogP contribution in [-0.2, 0) is 11.2 Å². The normalized spacial score (nSPS) is 10.4. The number of hydrogen-bond donors (Lipinski definition) is 0. The summed E-state index contributed by atoms with van der Waals surface area (Å²) < 4.78 is 5.07. The molecule has 19 heavy (non-hydrogen) atoms. The average molecular weight is 254 g/mol. The number of hydrogen-bond acceptors (Lipinski definition) is 2. The molecule has 2 heteroatoms. The highest BCUT2D eigenvalue weighted by Crippen LogP contribution is 2.24. The molecule has 2 nitrogen and oxygen atoms in total. The Bertz CT molecular complexity index is 556. The Labute approximate surface area is 114 Å². The molecule has 0 saturated carbocycles. The molecule has 0 saturated heterocycles. The summed E-state index contributed by atoms with van der Waals surface area (Å²) in [6, 6.07) is 14.2. The van der Waals surface area contributed by atoms with Gasteiger partial charge in [0.15, 0.2) is 0 Å². The summed E-state index contributed by atoms with van der Waals surface area (Å²) in [5, 5.41) is 0. The zero-order chi connectivity index (χ0) is 13.7. The smallest absolute Gasteiger partial charge is 0.150 e. The second-order valence-electron chi connectivity index (χ2n) is 4.63. The minimum Gasteiger partial charge on any atom is -0.384 e. The largest absolute Gasteiger partial charge is 0.384 e. The van der Waals surface area contributed by atoms with E-state index in [1.165, 1.54) is 11.1 Å². The third-order valence-corrected chi connectivity index (χ3v) is 3.26. The van der Waals surface area contributed by atoms with Gasteiger partial charge in [0.25, 0.3) is 0 Å². The van der Waals surface area contributed by atoms with E-state index in [0.717, 1.165) is 30.4 Å². The molecule has 2 aromatic rings. The van der Waals surface area contributed by atoms with Crippen molar-refractivity contribution in [3.05, 3.63) is 59.2 Å². The molecule has 98 valence electrons. The van der Waals surface area contributed by atoms with Crippen molar-refractivity contribution in [1.29, 1.82) is 0 Å². The maximum Gasteiger partial charge on any atom is 0.150 e. The van der Waals surface area contributed by atoms with Gasteiger partial charge in [-0.25, -0.2) is 0 Å². The summed E-state index contributed by atoms with van der Waals surface area (Å²) in [5.41, 5.74) is 5.40. The number of methoxy groups -OCH3 is 1. The maximum absolute atomic E-state index is 10.9. The van der Waals surface area contributed by atoms with Gasteiger partial charge in [0.1, 0.15) is 6.29 Å². The van der Waals surface area contributed by atoms with Gasteiger partial charge in [0.2, 0.25) is 0 Å². The molecule has 0 aliphatic rings. The lowest BCUT2D eigenvalue weighted by Gasteiger charge is -2.08. The lowest BCUT2D eigenvalue weighted by molar-refractivity contribution is 0.112. The van der Waals surface area contributed by atoms with Crippen molar-refractivity contribution in [2.45, 2.75) is 13.3 Å². The molecule has 0 radical (unpaired) electrons. The summed E-state index contributed by atoms with van der Waals surface area (Å²) in [6.45, 7) is 2.79. The van der Waals surface area contributed by atoms with Crippen LogP contribution in [0.1, 0.15) is 21.5 Å². The third kappa shape index (κ3) is 3.30. The summed E-state index contributed by atoms with van der Waals surface area (Å²) in [5.74, 6) is 0. The first kappa shape index (κ1) is 13.5. The first-order valence-electron chi connectivity index (χ1n) is 6.38. The molecule has 0 N–H and O–H groups in total. The Balaban J connectivity index is 2.28. The van der Waals surface area contributed by atoms with Crippen LogP contribution in [0.15, 0.2) is 42.5 Å². The molecule has 0 unspecified atom stereocenters. The maximum atomic E-state index is 10.9. The number of carbonyl (C=O) groups is 1. The van der Waals surface area contributed by atoms with Crippen LogP contribution in [0.4, 0.5) is 0 Å². The Hall–Kier alpha value is -1.93. The van der Waals surface area contributed by atoms with Gasteiger partial charge < -0.3 is 4.74 Å². The van der Waals surface area contributed by atoms with E-state index in [1.807, 2.05) is 18.2 Å². The summed E-state index contributed by atoms with van der Waals surface area (Å²) in [4.78, 5) is 10.9. The number of aryl methyl sites for hydroxylation is 1. The highest BCUT2D eigenvalue weighted by molar-refractivity contribution is 5.80. The van der Waals surface area contributed by atoms with E-state index in [9.17, 15) is 4.79 Å². The minimum absolute atomic E-state index is 0.712. The SMILES string of the molecule is COCCc1ccc(-c2cc(C=O)ccc2C)cc1. The van der Waals surface area contributed by atoms with Crippen molar-refractivity contribution in [3.8, 4) is 11.1 Å². The van der Waals surface area contributed by atoms with Crippen LogP contribution in [-0.4, -0.2) is 20.0 Å².